The van der Waals surface area contributed by atoms with E-state index in [4.69, 9.17) is 4.74 Å². The summed E-state index contributed by atoms with van der Waals surface area (Å²) >= 11 is 0. The molecule has 4 heterocycles. The Labute approximate surface area is 221 Å². The van der Waals surface area contributed by atoms with Crippen LogP contribution in [0.3, 0.4) is 0 Å². The normalized spacial score (nSPS) is 21.2. The first-order valence-corrected chi connectivity index (χ1v) is 13.4. The van der Waals surface area contributed by atoms with Gasteiger partial charge in [0.1, 0.15) is 12.1 Å². The van der Waals surface area contributed by atoms with Crippen LogP contribution in [0.15, 0.2) is 84.6 Å². The zero-order valence-corrected chi connectivity index (χ0v) is 23.3. The van der Waals surface area contributed by atoms with Crippen LogP contribution in [0, 0.1) is 5.41 Å². The number of quaternary nitrogens is 1. The topological polar surface area (TPSA) is 13.1 Å². The van der Waals surface area contributed by atoms with Gasteiger partial charge in [0.25, 0.3) is 11.4 Å². The van der Waals surface area contributed by atoms with Crippen molar-refractivity contribution in [3.63, 3.8) is 0 Å². The molecule has 1 aromatic heterocycles. The summed E-state index contributed by atoms with van der Waals surface area (Å²) in [5.41, 5.74) is 11.2. The zero-order chi connectivity index (χ0) is 26.3. The summed E-state index contributed by atoms with van der Waals surface area (Å²) in [6.45, 7) is 21.3. The van der Waals surface area contributed by atoms with Crippen LogP contribution in [0.1, 0.15) is 66.0 Å². The van der Waals surface area contributed by atoms with Gasteiger partial charge in [-0.3, -0.25) is 0 Å². The molecule has 37 heavy (non-hydrogen) atoms. The molecule has 2 aromatic carbocycles. The first kappa shape index (κ1) is 23.9. The molecule has 0 bridgehead atoms. The van der Waals surface area contributed by atoms with Gasteiger partial charge >= 0.3 is 0 Å². The number of ether oxygens (including phenoxy) is 1. The van der Waals surface area contributed by atoms with Crippen molar-refractivity contribution >= 4 is 16.9 Å². The summed E-state index contributed by atoms with van der Waals surface area (Å²) in [6, 6.07) is 17.8. The Morgan fingerprint density at radius 1 is 0.946 bits per heavy atom. The van der Waals surface area contributed by atoms with Crippen LogP contribution in [0.4, 0.5) is 11.4 Å². The number of hydrogen-bond acceptors (Lipinski definition) is 1. The van der Waals surface area contributed by atoms with Crippen molar-refractivity contribution < 1.29 is 9.41 Å². The summed E-state index contributed by atoms with van der Waals surface area (Å²) in [7, 11) is 0. The average Bonchev–Trinajstić information content (AvgIpc) is 3.06. The molecule has 3 aromatic rings. The van der Waals surface area contributed by atoms with E-state index in [9.17, 15) is 0 Å². The monoisotopic (exact) mass is 490 g/mol. The molecule has 0 fully saturated rings. The van der Waals surface area contributed by atoms with E-state index in [-0.39, 0.29) is 10.8 Å². The van der Waals surface area contributed by atoms with Gasteiger partial charge in [-0.2, -0.15) is 0 Å². The lowest BCUT2D eigenvalue weighted by molar-refractivity contribution is -0.780. The van der Waals surface area contributed by atoms with Gasteiger partial charge in [0.05, 0.1) is 5.56 Å². The third-order valence-electron chi connectivity index (χ3n) is 8.27. The Balaban J connectivity index is 1.72. The lowest BCUT2D eigenvalue weighted by Crippen LogP contribution is -2.67. The van der Waals surface area contributed by atoms with Gasteiger partial charge in [-0.25, -0.2) is 0 Å². The van der Waals surface area contributed by atoms with Crippen LogP contribution in [0.5, 0.6) is 11.5 Å². The van der Waals surface area contributed by atoms with Crippen molar-refractivity contribution in [1.82, 2.24) is 4.59 Å². The Hall–Kier alpha value is -3.43. The van der Waals surface area contributed by atoms with Crippen LogP contribution in [0.2, 0.25) is 0 Å². The molecule has 1 atom stereocenters. The fraction of sp³-hybridized carbons (Fsp3) is 0.324. The maximum Gasteiger partial charge on any atom is 0.279 e. The second kappa shape index (κ2) is 7.79. The fourth-order valence-electron chi connectivity index (χ4n) is 6.31. The highest BCUT2D eigenvalue weighted by Gasteiger charge is 2.61. The molecule has 1 spiro atoms. The minimum absolute atomic E-state index is 0.0167. The largest absolute Gasteiger partial charge is 0.444 e. The Morgan fingerprint density at radius 2 is 1.70 bits per heavy atom. The highest BCUT2D eigenvalue weighted by atomic mass is 16.5. The van der Waals surface area contributed by atoms with E-state index in [1.807, 2.05) is 0 Å². The van der Waals surface area contributed by atoms with Crippen LogP contribution in [0.25, 0.3) is 16.8 Å². The SMILES string of the molecule is C=C1CC[N+]23c4c(cccc4/C1=C/C(=C\C)C(C)(C)C)Oc1cc(C(C)(C)C)cc(c12)-c1cccc[n+]13. The van der Waals surface area contributed by atoms with E-state index in [0.717, 1.165) is 24.5 Å². The maximum atomic E-state index is 6.81. The highest BCUT2D eigenvalue weighted by molar-refractivity contribution is 5.95. The number of fused-ring (bicyclic) bond motifs is 2. The molecule has 3 aliphatic heterocycles. The summed E-state index contributed by atoms with van der Waals surface area (Å²) in [6.07, 6.45) is 7.74. The number of allylic oxidation sites excluding steroid dienone is 4. The van der Waals surface area contributed by atoms with Gasteiger partial charge < -0.3 is 4.74 Å². The molecule has 0 saturated carbocycles. The molecule has 188 valence electrons. The lowest BCUT2D eigenvalue weighted by atomic mass is 9.83. The molecule has 0 N–H and O–H groups in total. The van der Waals surface area contributed by atoms with Crippen LogP contribution >= 0.6 is 0 Å². The predicted octanol–water partition coefficient (Wildman–Crippen LogP) is 8.80. The molecule has 0 saturated heterocycles. The molecule has 3 heteroatoms. The number of aromatic nitrogens is 1. The van der Waals surface area contributed by atoms with Crippen molar-refractivity contribution in [2.24, 2.45) is 5.41 Å². The molecule has 0 aliphatic carbocycles. The number of rotatable bonds is 1. The third-order valence-corrected chi connectivity index (χ3v) is 8.27. The molecule has 0 amide bonds. The Kier molecular flexibility index (Phi) is 5.04. The van der Waals surface area contributed by atoms with E-state index in [1.165, 1.54) is 50.5 Å². The van der Waals surface area contributed by atoms with E-state index in [0.29, 0.717) is 4.59 Å². The third kappa shape index (κ3) is 3.33. The van der Waals surface area contributed by atoms with Crippen molar-refractivity contribution in [1.29, 1.82) is 0 Å². The molecule has 1 unspecified atom stereocenters. The van der Waals surface area contributed by atoms with Gasteiger partial charge in [-0.1, -0.05) is 66.3 Å². The van der Waals surface area contributed by atoms with Gasteiger partial charge in [-0.05, 0) is 79.6 Å². The van der Waals surface area contributed by atoms with E-state index in [2.05, 4.69) is 127 Å². The second-order valence-corrected chi connectivity index (χ2v) is 12.7. The van der Waals surface area contributed by atoms with E-state index < -0.39 is 0 Å². The van der Waals surface area contributed by atoms with Gasteiger partial charge in [0, 0.05) is 18.6 Å². The minimum atomic E-state index is 0.0167. The number of benzene rings is 2. The first-order valence-electron chi connectivity index (χ1n) is 13.4. The average molecular weight is 491 g/mol. The number of pyridine rings is 1. The van der Waals surface area contributed by atoms with Crippen LogP contribution in [-0.2, 0) is 5.41 Å². The quantitative estimate of drug-likeness (QED) is 0.245. The van der Waals surface area contributed by atoms with Crippen molar-refractivity contribution in [2.75, 3.05) is 6.54 Å². The van der Waals surface area contributed by atoms with Crippen molar-refractivity contribution in [3.8, 4) is 22.8 Å². The molecule has 6 rings (SSSR count). The summed E-state index contributed by atoms with van der Waals surface area (Å²) in [5.74, 6) is 1.90. The van der Waals surface area contributed by atoms with Gasteiger partial charge in [0.2, 0.25) is 11.9 Å². The highest BCUT2D eigenvalue weighted by Crippen LogP contribution is 2.61. The summed E-state index contributed by atoms with van der Waals surface area (Å²) in [4.78, 5) is 0. The van der Waals surface area contributed by atoms with Crippen LogP contribution in [-0.4, -0.2) is 6.54 Å². The van der Waals surface area contributed by atoms with E-state index >= 15 is 0 Å². The number of hydrogen-bond donors (Lipinski definition) is 0. The summed E-state index contributed by atoms with van der Waals surface area (Å²) in [5, 5.41) is 0. The van der Waals surface area contributed by atoms with Crippen molar-refractivity contribution in [3.05, 3.63) is 95.7 Å². The van der Waals surface area contributed by atoms with E-state index in [1.54, 1.807) is 0 Å². The smallest absolute Gasteiger partial charge is 0.279 e. The summed E-state index contributed by atoms with van der Waals surface area (Å²) < 4.78 is 9.89. The number of para-hydroxylation sites is 1. The van der Waals surface area contributed by atoms with Gasteiger partial charge in [0.15, 0.2) is 11.5 Å². The molecular weight excluding hydrogens is 452 g/mol. The Bertz CT molecular complexity index is 1540. The second-order valence-electron chi connectivity index (χ2n) is 12.7. The zero-order valence-electron chi connectivity index (χ0n) is 23.3. The lowest BCUT2D eigenvalue weighted by Gasteiger charge is -2.33. The molecule has 3 aliphatic rings. The predicted molar refractivity (Wildman–Crippen MR) is 154 cm³/mol. The Morgan fingerprint density at radius 3 is 2.41 bits per heavy atom. The minimum Gasteiger partial charge on any atom is -0.444 e. The van der Waals surface area contributed by atoms with Gasteiger partial charge in [-0.15, -0.1) is 0 Å². The molecular formula is C34H38N2O+2. The molecule has 3 nitrogen and oxygen atoms in total. The maximum absolute atomic E-state index is 6.81. The molecule has 0 radical (unpaired) electrons. The number of nitrogens with zero attached hydrogens (tertiary/aromatic N) is 2. The van der Waals surface area contributed by atoms with Crippen molar-refractivity contribution in [2.45, 2.75) is 60.3 Å². The standard InChI is InChI=1S/C34H38N2O/c1-9-23(33(3,4)5)19-26-22(2)16-18-36-31-25(26)13-12-15-29(31)37-30-21-24(34(6,7)8)20-27(32(30)36)28-14-10-11-17-35(28)36/h9-15,17,19-21H,2,16,18H2,1,3-8H3/q+2/b23-9+,26-19+. The fourth-order valence-corrected chi connectivity index (χ4v) is 6.31. The van der Waals surface area contributed by atoms with Crippen LogP contribution < -0.4 is 14.0 Å². The first-order chi connectivity index (χ1) is 17.5.